The van der Waals surface area contributed by atoms with Gasteiger partial charge in [-0.1, -0.05) is 13.8 Å². The second-order valence-electron chi connectivity index (χ2n) is 5.37. The van der Waals surface area contributed by atoms with E-state index in [0.29, 0.717) is 18.1 Å². The van der Waals surface area contributed by atoms with Crippen LogP contribution in [0.15, 0.2) is 0 Å². The monoisotopic (exact) mass is 197 g/mol. The Bertz CT molecular complexity index is 179. The molecular formula is C12H23NO. The minimum absolute atomic E-state index is 0.273. The molecule has 0 amide bonds. The highest BCUT2D eigenvalue weighted by molar-refractivity contribution is 4.88. The van der Waals surface area contributed by atoms with Crippen molar-refractivity contribution in [3.63, 3.8) is 0 Å². The van der Waals surface area contributed by atoms with Gasteiger partial charge in [-0.3, -0.25) is 0 Å². The zero-order chi connectivity index (χ0) is 10.1. The molecule has 4 unspecified atom stereocenters. The second kappa shape index (κ2) is 4.19. The van der Waals surface area contributed by atoms with E-state index in [1.165, 1.54) is 25.7 Å². The fourth-order valence-corrected chi connectivity index (χ4v) is 2.85. The van der Waals surface area contributed by atoms with E-state index in [9.17, 15) is 0 Å². The smallest absolute Gasteiger partial charge is 0.0755 e. The first-order valence-corrected chi connectivity index (χ1v) is 6.08. The van der Waals surface area contributed by atoms with E-state index in [2.05, 4.69) is 13.8 Å². The summed E-state index contributed by atoms with van der Waals surface area (Å²) in [6, 6.07) is 0.273. The fraction of sp³-hybridized carbons (Fsp3) is 1.00. The van der Waals surface area contributed by atoms with Crippen LogP contribution in [0.3, 0.4) is 0 Å². The van der Waals surface area contributed by atoms with E-state index in [4.69, 9.17) is 10.5 Å². The van der Waals surface area contributed by atoms with Crippen LogP contribution in [0.5, 0.6) is 0 Å². The van der Waals surface area contributed by atoms with Gasteiger partial charge in [0.1, 0.15) is 0 Å². The summed E-state index contributed by atoms with van der Waals surface area (Å²) in [5.74, 6) is 1.43. The van der Waals surface area contributed by atoms with Crippen molar-refractivity contribution < 1.29 is 4.74 Å². The maximum atomic E-state index is 6.16. The number of hydrogen-bond donors (Lipinski definition) is 1. The van der Waals surface area contributed by atoms with Crippen LogP contribution in [-0.4, -0.2) is 18.2 Å². The van der Waals surface area contributed by atoms with Crippen molar-refractivity contribution in [2.45, 2.75) is 64.2 Å². The van der Waals surface area contributed by atoms with Gasteiger partial charge < -0.3 is 10.5 Å². The molecule has 2 aliphatic carbocycles. The standard InChI is InChI=1S/C12H23NO/c1-8-6-9(2)12(11(13)7-8)14-10-4-3-5-10/h8-12H,3-7,13H2,1-2H3. The Morgan fingerprint density at radius 3 is 2.36 bits per heavy atom. The van der Waals surface area contributed by atoms with Crippen LogP contribution in [0.4, 0.5) is 0 Å². The Kier molecular flexibility index (Phi) is 3.13. The minimum atomic E-state index is 0.273. The molecule has 2 rings (SSSR count). The Labute approximate surface area is 87.2 Å². The Balaban J connectivity index is 1.87. The first-order valence-electron chi connectivity index (χ1n) is 6.08. The van der Waals surface area contributed by atoms with Gasteiger partial charge in [0.25, 0.3) is 0 Å². The molecule has 0 bridgehead atoms. The van der Waals surface area contributed by atoms with Crippen LogP contribution < -0.4 is 5.73 Å². The molecule has 2 heteroatoms. The molecule has 0 aromatic heterocycles. The minimum Gasteiger partial charge on any atom is -0.373 e. The Hall–Kier alpha value is -0.0800. The number of nitrogens with two attached hydrogens (primary N) is 1. The molecule has 0 radical (unpaired) electrons. The van der Waals surface area contributed by atoms with Crippen LogP contribution in [-0.2, 0) is 4.74 Å². The van der Waals surface area contributed by atoms with Crippen molar-refractivity contribution in [1.82, 2.24) is 0 Å². The van der Waals surface area contributed by atoms with Crippen molar-refractivity contribution in [2.75, 3.05) is 0 Å². The number of ether oxygens (including phenoxy) is 1. The molecule has 2 saturated carbocycles. The molecule has 2 aliphatic rings. The largest absolute Gasteiger partial charge is 0.373 e. The zero-order valence-electron chi connectivity index (χ0n) is 9.41. The number of rotatable bonds is 2. The third-order valence-electron chi connectivity index (χ3n) is 3.83. The molecule has 0 aromatic rings. The predicted octanol–water partition coefficient (Wildman–Crippen LogP) is 2.32. The molecule has 0 aliphatic heterocycles. The third kappa shape index (κ3) is 2.12. The molecule has 4 atom stereocenters. The van der Waals surface area contributed by atoms with Crippen LogP contribution in [0.1, 0.15) is 46.0 Å². The molecular weight excluding hydrogens is 174 g/mol. The molecule has 2 fully saturated rings. The lowest BCUT2D eigenvalue weighted by Crippen LogP contribution is -2.48. The van der Waals surface area contributed by atoms with E-state index in [-0.39, 0.29) is 6.04 Å². The van der Waals surface area contributed by atoms with Gasteiger partial charge in [-0.2, -0.15) is 0 Å². The predicted molar refractivity (Wildman–Crippen MR) is 58.0 cm³/mol. The molecule has 0 aromatic carbocycles. The second-order valence-corrected chi connectivity index (χ2v) is 5.37. The summed E-state index contributed by atoms with van der Waals surface area (Å²) in [5.41, 5.74) is 6.16. The lowest BCUT2D eigenvalue weighted by molar-refractivity contribution is -0.0994. The lowest BCUT2D eigenvalue weighted by Gasteiger charge is -2.41. The highest BCUT2D eigenvalue weighted by Crippen LogP contribution is 2.33. The quantitative estimate of drug-likeness (QED) is 0.737. The molecule has 0 spiro atoms. The summed E-state index contributed by atoms with van der Waals surface area (Å²) in [4.78, 5) is 0. The topological polar surface area (TPSA) is 35.2 Å². The molecule has 0 heterocycles. The summed E-state index contributed by atoms with van der Waals surface area (Å²) in [7, 11) is 0. The van der Waals surface area contributed by atoms with Crippen molar-refractivity contribution in [2.24, 2.45) is 17.6 Å². The zero-order valence-corrected chi connectivity index (χ0v) is 9.41. The van der Waals surface area contributed by atoms with E-state index in [1.807, 2.05) is 0 Å². The van der Waals surface area contributed by atoms with Gasteiger partial charge in [-0.15, -0.1) is 0 Å². The summed E-state index contributed by atoms with van der Waals surface area (Å²) < 4.78 is 6.08. The average Bonchev–Trinajstić information content (AvgIpc) is 1.98. The van der Waals surface area contributed by atoms with E-state index >= 15 is 0 Å². The average molecular weight is 197 g/mol. The Morgan fingerprint density at radius 1 is 1.14 bits per heavy atom. The molecule has 2 nitrogen and oxygen atoms in total. The normalized spacial score (nSPS) is 44.8. The summed E-state index contributed by atoms with van der Waals surface area (Å²) in [6.45, 7) is 4.59. The highest BCUT2D eigenvalue weighted by atomic mass is 16.5. The lowest BCUT2D eigenvalue weighted by atomic mass is 9.78. The van der Waals surface area contributed by atoms with Crippen LogP contribution in [0.25, 0.3) is 0 Å². The van der Waals surface area contributed by atoms with Gasteiger partial charge in [0.2, 0.25) is 0 Å². The molecule has 2 N–H and O–H groups in total. The summed E-state index contributed by atoms with van der Waals surface area (Å²) in [5, 5.41) is 0. The van der Waals surface area contributed by atoms with Crippen molar-refractivity contribution in [1.29, 1.82) is 0 Å². The van der Waals surface area contributed by atoms with E-state index in [1.54, 1.807) is 0 Å². The van der Waals surface area contributed by atoms with Gasteiger partial charge in [0, 0.05) is 6.04 Å². The van der Waals surface area contributed by atoms with E-state index < -0.39 is 0 Å². The highest BCUT2D eigenvalue weighted by Gasteiger charge is 2.35. The van der Waals surface area contributed by atoms with Crippen molar-refractivity contribution >= 4 is 0 Å². The molecule has 0 saturated heterocycles. The van der Waals surface area contributed by atoms with Crippen LogP contribution in [0.2, 0.25) is 0 Å². The maximum Gasteiger partial charge on any atom is 0.0755 e. The van der Waals surface area contributed by atoms with Crippen molar-refractivity contribution in [3.05, 3.63) is 0 Å². The van der Waals surface area contributed by atoms with Gasteiger partial charge in [-0.25, -0.2) is 0 Å². The van der Waals surface area contributed by atoms with Crippen LogP contribution in [0, 0.1) is 11.8 Å². The molecule has 14 heavy (non-hydrogen) atoms. The van der Waals surface area contributed by atoms with E-state index in [0.717, 1.165) is 12.3 Å². The third-order valence-corrected chi connectivity index (χ3v) is 3.83. The summed E-state index contributed by atoms with van der Waals surface area (Å²) >= 11 is 0. The molecule has 82 valence electrons. The summed E-state index contributed by atoms with van der Waals surface area (Å²) in [6.07, 6.45) is 7.14. The number of hydrogen-bond acceptors (Lipinski definition) is 2. The maximum absolute atomic E-state index is 6.16. The van der Waals surface area contributed by atoms with Crippen molar-refractivity contribution in [3.8, 4) is 0 Å². The first-order chi connectivity index (χ1) is 6.66. The van der Waals surface area contributed by atoms with Gasteiger partial charge >= 0.3 is 0 Å². The van der Waals surface area contributed by atoms with Gasteiger partial charge in [0.15, 0.2) is 0 Å². The Morgan fingerprint density at radius 2 is 1.86 bits per heavy atom. The van der Waals surface area contributed by atoms with Gasteiger partial charge in [-0.05, 0) is 43.9 Å². The first kappa shape index (κ1) is 10.4. The SMILES string of the molecule is CC1CC(C)C(OC2CCC2)C(N)C1. The fourth-order valence-electron chi connectivity index (χ4n) is 2.85. The van der Waals surface area contributed by atoms with Crippen LogP contribution >= 0.6 is 0 Å². The van der Waals surface area contributed by atoms with Gasteiger partial charge in [0.05, 0.1) is 12.2 Å².